The van der Waals surface area contributed by atoms with E-state index in [4.69, 9.17) is 4.74 Å². The van der Waals surface area contributed by atoms with E-state index in [1.807, 2.05) is 56.3 Å². The first-order valence-corrected chi connectivity index (χ1v) is 8.08. The summed E-state index contributed by atoms with van der Waals surface area (Å²) in [5.41, 5.74) is 0.893. The van der Waals surface area contributed by atoms with Crippen LogP contribution < -0.4 is 4.74 Å². The minimum Gasteiger partial charge on any atom is -0.482 e. The predicted octanol–water partition coefficient (Wildman–Crippen LogP) is 4.82. The second-order valence-corrected chi connectivity index (χ2v) is 6.54. The lowest BCUT2D eigenvalue weighted by Crippen LogP contribution is -2.36. The first kappa shape index (κ1) is 14.3. The molecule has 2 atom stereocenters. The predicted molar refractivity (Wildman–Crippen MR) is 92.5 cm³/mol. The van der Waals surface area contributed by atoms with Crippen LogP contribution in [0.3, 0.4) is 0 Å². The molecule has 4 rings (SSSR count). The van der Waals surface area contributed by atoms with Gasteiger partial charge < -0.3 is 9.84 Å². The van der Waals surface area contributed by atoms with Gasteiger partial charge in [-0.3, -0.25) is 0 Å². The molecule has 0 saturated heterocycles. The summed E-state index contributed by atoms with van der Waals surface area (Å²) in [4.78, 5) is 0. The highest BCUT2D eigenvalue weighted by atomic mass is 16.5. The molecule has 3 aromatic carbocycles. The Morgan fingerprint density at radius 2 is 1.61 bits per heavy atom. The Morgan fingerprint density at radius 3 is 2.43 bits per heavy atom. The maximum Gasteiger partial charge on any atom is 0.157 e. The van der Waals surface area contributed by atoms with E-state index >= 15 is 0 Å². The Bertz CT molecular complexity index is 863. The maximum absolute atomic E-state index is 11.6. The summed E-state index contributed by atoms with van der Waals surface area (Å²) in [7, 11) is 0. The molecular formula is C21H20O2. The van der Waals surface area contributed by atoms with Crippen LogP contribution in [0.4, 0.5) is 0 Å². The Hall–Kier alpha value is -2.32. The van der Waals surface area contributed by atoms with Crippen molar-refractivity contribution in [2.45, 2.75) is 25.6 Å². The quantitative estimate of drug-likeness (QED) is 0.735. The molecule has 0 unspecified atom stereocenters. The molecule has 2 heteroatoms. The van der Waals surface area contributed by atoms with E-state index in [1.54, 1.807) is 0 Å². The van der Waals surface area contributed by atoms with Crippen molar-refractivity contribution in [2.75, 3.05) is 0 Å². The Labute approximate surface area is 136 Å². The molecule has 0 bridgehead atoms. The molecule has 116 valence electrons. The molecule has 0 aliphatic carbocycles. The second-order valence-electron chi connectivity index (χ2n) is 6.54. The van der Waals surface area contributed by atoms with Crippen molar-refractivity contribution in [2.24, 2.45) is 5.92 Å². The molecule has 2 nitrogen and oxygen atoms in total. The molecule has 0 radical (unpaired) electrons. The lowest BCUT2D eigenvalue weighted by Gasteiger charge is -2.33. The molecule has 0 amide bonds. The van der Waals surface area contributed by atoms with Crippen LogP contribution in [0.2, 0.25) is 0 Å². The van der Waals surface area contributed by atoms with Gasteiger partial charge in [-0.05, 0) is 22.8 Å². The average molecular weight is 304 g/mol. The number of fused-ring (bicyclic) bond motifs is 2. The van der Waals surface area contributed by atoms with Gasteiger partial charge in [-0.25, -0.2) is 0 Å². The van der Waals surface area contributed by atoms with E-state index < -0.39 is 11.7 Å². The van der Waals surface area contributed by atoms with Crippen LogP contribution in [0.15, 0.2) is 66.7 Å². The van der Waals surface area contributed by atoms with Gasteiger partial charge in [0.25, 0.3) is 0 Å². The number of aliphatic hydroxyl groups is 1. The summed E-state index contributed by atoms with van der Waals surface area (Å²) in [5, 5.41) is 13.9. The fourth-order valence-electron chi connectivity index (χ4n) is 3.65. The van der Waals surface area contributed by atoms with Crippen LogP contribution >= 0.6 is 0 Å². The van der Waals surface area contributed by atoms with E-state index in [2.05, 4.69) is 24.3 Å². The summed E-state index contributed by atoms with van der Waals surface area (Å²) in [6, 6.07) is 22.3. The highest BCUT2D eigenvalue weighted by molar-refractivity contribution is 5.86. The molecule has 0 saturated carbocycles. The third-order valence-corrected chi connectivity index (χ3v) is 4.95. The first-order valence-electron chi connectivity index (χ1n) is 8.08. The number of para-hydroxylation sites is 1. The number of rotatable bonds is 2. The highest BCUT2D eigenvalue weighted by Gasteiger charge is 2.50. The van der Waals surface area contributed by atoms with Crippen molar-refractivity contribution in [1.29, 1.82) is 0 Å². The van der Waals surface area contributed by atoms with Crippen LogP contribution in [0, 0.1) is 5.92 Å². The smallest absolute Gasteiger partial charge is 0.157 e. The van der Waals surface area contributed by atoms with Gasteiger partial charge in [0.2, 0.25) is 0 Å². The molecule has 1 aliphatic heterocycles. The SMILES string of the molecule is CC(C)[C@@]1(O)c2ccccc2O[C@@H]1c1cccc2ccccc12. The van der Waals surface area contributed by atoms with Gasteiger partial charge in [-0.2, -0.15) is 0 Å². The fraction of sp³-hybridized carbons (Fsp3) is 0.238. The van der Waals surface area contributed by atoms with Crippen LogP contribution in [-0.2, 0) is 5.60 Å². The number of hydrogen-bond acceptors (Lipinski definition) is 2. The van der Waals surface area contributed by atoms with Gasteiger partial charge in [0.05, 0.1) is 0 Å². The summed E-state index contributed by atoms with van der Waals surface area (Å²) in [6.07, 6.45) is -0.397. The van der Waals surface area contributed by atoms with Gasteiger partial charge in [-0.15, -0.1) is 0 Å². The molecule has 0 aromatic heterocycles. The van der Waals surface area contributed by atoms with Crippen molar-refractivity contribution in [3.63, 3.8) is 0 Å². The van der Waals surface area contributed by atoms with Crippen LogP contribution in [0.1, 0.15) is 31.1 Å². The topological polar surface area (TPSA) is 29.5 Å². The maximum atomic E-state index is 11.6. The lowest BCUT2D eigenvalue weighted by atomic mass is 9.77. The number of benzene rings is 3. The molecule has 1 aliphatic rings. The zero-order chi connectivity index (χ0) is 16.0. The van der Waals surface area contributed by atoms with E-state index in [0.717, 1.165) is 27.6 Å². The molecule has 0 fully saturated rings. The molecule has 0 spiro atoms. The van der Waals surface area contributed by atoms with E-state index in [0.29, 0.717) is 0 Å². The van der Waals surface area contributed by atoms with Gasteiger partial charge in [-0.1, -0.05) is 74.5 Å². The average Bonchev–Trinajstić information content (AvgIpc) is 2.89. The summed E-state index contributed by atoms with van der Waals surface area (Å²) in [6.45, 7) is 4.09. The van der Waals surface area contributed by atoms with Crippen LogP contribution in [0.25, 0.3) is 10.8 Å². The van der Waals surface area contributed by atoms with E-state index in [-0.39, 0.29) is 5.92 Å². The minimum absolute atomic E-state index is 0.0371. The van der Waals surface area contributed by atoms with Crippen molar-refractivity contribution >= 4 is 10.8 Å². The second kappa shape index (κ2) is 5.10. The van der Waals surface area contributed by atoms with Crippen molar-refractivity contribution in [1.82, 2.24) is 0 Å². The standard InChI is InChI=1S/C21H20O2/c1-14(2)21(22)18-12-5-6-13-19(18)23-20(21)17-11-7-9-15-8-3-4-10-16(15)17/h3-14,20,22H,1-2H3/t20-,21-/m1/s1. The summed E-state index contributed by atoms with van der Waals surface area (Å²) < 4.78 is 6.23. The number of ether oxygens (including phenoxy) is 1. The largest absolute Gasteiger partial charge is 0.482 e. The lowest BCUT2D eigenvalue weighted by molar-refractivity contribution is -0.0772. The third kappa shape index (κ3) is 1.98. The molecule has 1 heterocycles. The molecule has 23 heavy (non-hydrogen) atoms. The van der Waals surface area contributed by atoms with Crippen molar-refractivity contribution in [3.05, 3.63) is 77.9 Å². The van der Waals surface area contributed by atoms with Crippen molar-refractivity contribution < 1.29 is 9.84 Å². The summed E-state index contributed by atoms with van der Waals surface area (Å²) >= 11 is 0. The third-order valence-electron chi connectivity index (χ3n) is 4.95. The monoisotopic (exact) mass is 304 g/mol. The van der Waals surface area contributed by atoms with Gasteiger partial charge in [0.1, 0.15) is 11.4 Å². The highest BCUT2D eigenvalue weighted by Crippen LogP contribution is 2.53. The zero-order valence-electron chi connectivity index (χ0n) is 13.4. The number of hydrogen-bond donors (Lipinski definition) is 1. The van der Waals surface area contributed by atoms with Crippen LogP contribution in [0.5, 0.6) is 5.75 Å². The van der Waals surface area contributed by atoms with Crippen molar-refractivity contribution in [3.8, 4) is 5.75 Å². The molecule has 1 N–H and O–H groups in total. The molecular weight excluding hydrogens is 284 g/mol. The van der Waals surface area contributed by atoms with Gasteiger partial charge >= 0.3 is 0 Å². The van der Waals surface area contributed by atoms with Gasteiger partial charge in [0.15, 0.2) is 6.10 Å². The molecule has 3 aromatic rings. The van der Waals surface area contributed by atoms with Crippen LogP contribution in [-0.4, -0.2) is 5.11 Å². The zero-order valence-corrected chi connectivity index (χ0v) is 13.4. The normalized spacial score (nSPS) is 23.0. The van der Waals surface area contributed by atoms with Gasteiger partial charge in [0, 0.05) is 11.1 Å². The Balaban J connectivity index is 1.95. The fourth-order valence-corrected chi connectivity index (χ4v) is 3.65. The Kier molecular flexibility index (Phi) is 3.17. The summed E-state index contributed by atoms with van der Waals surface area (Å²) in [5.74, 6) is 0.816. The minimum atomic E-state index is -1.03. The van der Waals surface area contributed by atoms with E-state index in [1.165, 1.54) is 0 Å². The first-order chi connectivity index (χ1) is 11.1. The van der Waals surface area contributed by atoms with E-state index in [9.17, 15) is 5.11 Å². The Morgan fingerprint density at radius 1 is 0.913 bits per heavy atom.